The van der Waals surface area contributed by atoms with Crippen molar-refractivity contribution in [2.24, 2.45) is 0 Å². The number of rotatable bonds is 0. The number of halogens is 1. The third kappa shape index (κ3) is 3.39. The van der Waals surface area contributed by atoms with Crippen LogP contribution < -0.4 is 0 Å². The zero-order valence-electron chi connectivity index (χ0n) is 6.49. The summed E-state index contributed by atoms with van der Waals surface area (Å²) in [6.07, 6.45) is 0. The van der Waals surface area contributed by atoms with Crippen LogP contribution in [0.15, 0.2) is 22.7 Å². The van der Waals surface area contributed by atoms with E-state index < -0.39 is 0 Å². The molecular weight excluding hydrogens is 224 g/mol. The van der Waals surface area contributed by atoms with Crippen LogP contribution in [-0.4, -0.2) is 16.7 Å². The number of hydrogen-bond acceptors (Lipinski definition) is 2. The van der Waals surface area contributed by atoms with Crippen molar-refractivity contribution >= 4 is 22.4 Å². The summed E-state index contributed by atoms with van der Waals surface area (Å²) in [4.78, 5) is 8.36. The van der Waals surface area contributed by atoms with Gasteiger partial charge in [0.1, 0.15) is 5.75 Å². The van der Waals surface area contributed by atoms with Gasteiger partial charge in [0.2, 0.25) is 0 Å². The lowest BCUT2D eigenvalue weighted by molar-refractivity contribution is -0.122. The van der Waals surface area contributed by atoms with Gasteiger partial charge < -0.3 is 10.2 Å². The molecule has 12 heavy (non-hydrogen) atoms. The van der Waals surface area contributed by atoms with Gasteiger partial charge in [0.15, 0.2) is 0 Å². The molecule has 0 spiro atoms. The topological polar surface area (TPSA) is 57.5 Å². The van der Waals surface area contributed by atoms with Gasteiger partial charge in [-0.25, -0.2) is 0 Å². The molecule has 0 saturated carbocycles. The lowest BCUT2D eigenvalue weighted by Gasteiger charge is -1.97. The van der Waals surface area contributed by atoms with Crippen molar-refractivity contribution in [3.63, 3.8) is 0 Å². The van der Waals surface area contributed by atoms with Crippen molar-refractivity contribution in [3.8, 4) is 5.75 Å². The molecular formula is C8H9BrO3. The highest BCUT2D eigenvalue weighted by atomic mass is 79.9. The van der Waals surface area contributed by atoms with E-state index in [1.165, 1.54) is 0 Å². The van der Waals surface area contributed by atoms with Crippen molar-refractivity contribution in [1.29, 1.82) is 0 Å². The highest BCUT2D eigenvalue weighted by Crippen LogP contribution is 2.25. The summed E-state index contributed by atoms with van der Waals surface area (Å²) in [6.45, 7) is 1.68. The van der Waals surface area contributed by atoms with Crippen LogP contribution in [0.2, 0.25) is 0 Å². The molecule has 1 aromatic rings. The predicted molar refractivity (Wildman–Crippen MR) is 49.2 cm³/mol. The Morgan fingerprint density at radius 1 is 1.50 bits per heavy atom. The fourth-order valence-corrected chi connectivity index (χ4v) is 0.896. The van der Waals surface area contributed by atoms with Gasteiger partial charge in [-0.3, -0.25) is 4.79 Å². The summed E-state index contributed by atoms with van der Waals surface area (Å²) in [5, 5.41) is 15.9. The van der Waals surface area contributed by atoms with Crippen LogP contribution in [0, 0.1) is 6.92 Å². The van der Waals surface area contributed by atoms with Gasteiger partial charge >= 0.3 is 0 Å². The molecule has 0 aliphatic heterocycles. The second-order valence-corrected chi connectivity index (χ2v) is 2.81. The average molecular weight is 233 g/mol. The minimum absolute atomic E-state index is 0.250. The van der Waals surface area contributed by atoms with Crippen molar-refractivity contribution in [2.75, 3.05) is 0 Å². The van der Waals surface area contributed by atoms with E-state index in [0.717, 1.165) is 10.0 Å². The maximum Gasteiger partial charge on any atom is 0.290 e. The van der Waals surface area contributed by atoms with Gasteiger partial charge in [0, 0.05) is 0 Å². The molecule has 0 aliphatic carbocycles. The maximum absolute atomic E-state index is 9.05. The quantitative estimate of drug-likeness (QED) is 0.675. The monoisotopic (exact) mass is 232 g/mol. The first-order valence-electron chi connectivity index (χ1n) is 3.15. The Hall–Kier alpha value is -1.03. The molecule has 2 N–H and O–H groups in total. The number of carbonyl (C=O) groups is 1. The van der Waals surface area contributed by atoms with Crippen LogP contribution in [-0.2, 0) is 4.79 Å². The van der Waals surface area contributed by atoms with E-state index >= 15 is 0 Å². The Bertz CT molecular complexity index is 240. The number of aromatic hydroxyl groups is 1. The van der Waals surface area contributed by atoms with E-state index in [0.29, 0.717) is 5.75 Å². The minimum atomic E-state index is -0.250. The van der Waals surface area contributed by atoms with Crippen molar-refractivity contribution in [1.82, 2.24) is 0 Å². The summed E-state index contributed by atoms with van der Waals surface area (Å²) in [5.41, 5.74) is 1.05. The third-order valence-corrected chi connectivity index (χ3v) is 2.20. The molecule has 0 heterocycles. The molecule has 0 atom stereocenters. The van der Waals surface area contributed by atoms with Crippen LogP contribution in [0.4, 0.5) is 0 Å². The molecule has 0 aliphatic rings. The summed E-state index contributed by atoms with van der Waals surface area (Å²) in [7, 11) is 0. The predicted octanol–water partition coefficient (Wildman–Crippen LogP) is 2.16. The van der Waals surface area contributed by atoms with E-state index in [9.17, 15) is 0 Å². The van der Waals surface area contributed by atoms with E-state index in [-0.39, 0.29) is 6.47 Å². The molecule has 1 aromatic carbocycles. The Labute approximate surface area is 78.8 Å². The molecule has 0 radical (unpaired) electrons. The smallest absolute Gasteiger partial charge is 0.290 e. The van der Waals surface area contributed by atoms with E-state index in [1.54, 1.807) is 6.07 Å². The molecule has 0 fully saturated rings. The molecule has 66 valence electrons. The minimum Gasteiger partial charge on any atom is -0.507 e. The molecule has 0 unspecified atom stereocenters. The number of carboxylic acid groups (broad SMARTS) is 1. The Morgan fingerprint density at radius 2 is 2.00 bits per heavy atom. The van der Waals surface area contributed by atoms with Crippen molar-refractivity contribution < 1.29 is 15.0 Å². The van der Waals surface area contributed by atoms with Crippen LogP contribution in [0.3, 0.4) is 0 Å². The number of benzene rings is 1. The van der Waals surface area contributed by atoms with Crippen LogP contribution in [0.5, 0.6) is 5.75 Å². The van der Waals surface area contributed by atoms with Crippen LogP contribution in [0.25, 0.3) is 0 Å². The van der Waals surface area contributed by atoms with Crippen molar-refractivity contribution in [2.45, 2.75) is 6.92 Å². The van der Waals surface area contributed by atoms with Gasteiger partial charge in [0.25, 0.3) is 6.47 Å². The summed E-state index contributed by atoms with van der Waals surface area (Å²) in [6, 6.07) is 5.40. The van der Waals surface area contributed by atoms with Gasteiger partial charge in [0.05, 0.1) is 4.47 Å². The fourth-order valence-electron chi connectivity index (χ4n) is 0.632. The maximum atomic E-state index is 9.05. The van der Waals surface area contributed by atoms with Crippen LogP contribution >= 0.6 is 15.9 Å². The normalized spacial score (nSPS) is 8.17. The zero-order chi connectivity index (χ0) is 9.56. The van der Waals surface area contributed by atoms with Gasteiger partial charge in [-0.15, -0.1) is 0 Å². The molecule has 0 saturated heterocycles. The second kappa shape index (κ2) is 5.60. The number of phenolic OH excluding ortho intramolecular Hbond substituents is 1. The van der Waals surface area contributed by atoms with E-state index in [4.69, 9.17) is 15.0 Å². The molecule has 3 nitrogen and oxygen atoms in total. The van der Waals surface area contributed by atoms with E-state index in [2.05, 4.69) is 15.9 Å². The SMILES string of the molecule is Cc1cccc(O)c1Br.O=CO. The second-order valence-electron chi connectivity index (χ2n) is 2.01. The highest BCUT2D eigenvalue weighted by molar-refractivity contribution is 9.10. The lowest BCUT2D eigenvalue weighted by Crippen LogP contribution is -1.73. The first kappa shape index (κ1) is 11.0. The largest absolute Gasteiger partial charge is 0.507 e. The lowest BCUT2D eigenvalue weighted by atomic mass is 10.2. The number of aryl methyl sites for hydroxylation is 1. The zero-order valence-corrected chi connectivity index (χ0v) is 8.08. The first-order valence-corrected chi connectivity index (χ1v) is 3.94. The van der Waals surface area contributed by atoms with Crippen molar-refractivity contribution in [3.05, 3.63) is 28.2 Å². The molecule has 0 aromatic heterocycles. The third-order valence-electron chi connectivity index (χ3n) is 1.17. The fraction of sp³-hybridized carbons (Fsp3) is 0.125. The number of phenols is 1. The standard InChI is InChI=1S/C7H7BrO.CH2O2/c1-5-3-2-4-6(9)7(5)8;2-1-3/h2-4,9H,1H3;1H,(H,2,3). The summed E-state index contributed by atoms with van der Waals surface area (Å²) < 4.78 is 0.782. The molecule has 1 rings (SSSR count). The summed E-state index contributed by atoms with van der Waals surface area (Å²) >= 11 is 3.23. The average Bonchev–Trinajstić information content (AvgIpc) is 2.02. The molecule has 0 amide bonds. The van der Waals surface area contributed by atoms with Gasteiger partial charge in [-0.2, -0.15) is 0 Å². The molecule has 4 heteroatoms. The summed E-state index contributed by atoms with van der Waals surface area (Å²) in [5.74, 6) is 0.301. The Morgan fingerprint density at radius 3 is 2.33 bits per heavy atom. The number of hydrogen-bond donors (Lipinski definition) is 2. The molecule has 0 bridgehead atoms. The highest BCUT2D eigenvalue weighted by Gasteiger charge is 1.96. The Balaban J connectivity index is 0.000000354. The first-order chi connectivity index (χ1) is 5.63. The van der Waals surface area contributed by atoms with E-state index in [1.807, 2.05) is 19.1 Å². The van der Waals surface area contributed by atoms with Gasteiger partial charge in [-0.05, 0) is 34.5 Å². The van der Waals surface area contributed by atoms with Crippen LogP contribution in [0.1, 0.15) is 5.56 Å². The van der Waals surface area contributed by atoms with Gasteiger partial charge in [-0.1, -0.05) is 12.1 Å². The Kier molecular flexibility index (Phi) is 5.12.